The van der Waals surface area contributed by atoms with Gasteiger partial charge in [0, 0.05) is 0 Å². The molecule has 3 rings (SSSR count). The van der Waals surface area contributed by atoms with Crippen molar-refractivity contribution in [2.24, 2.45) is 0 Å². The van der Waals surface area contributed by atoms with Crippen molar-refractivity contribution in [3.05, 3.63) is 81.4 Å². The van der Waals surface area contributed by atoms with Crippen LogP contribution in [-0.4, -0.2) is 16.7 Å². The van der Waals surface area contributed by atoms with E-state index in [1.165, 1.54) is 29.7 Å². The number of furan rings is 1. The number of aromatic hydroxyl groups is 1. The zero-order chi connectivity index (χ0) is 17.1. The smallest absolute Gasteiger partial charge is 0.207 e. The zero-order valence-corrected chi connectivity index (χ0v) is 13.7. The maximum absolute atomic E-state index is 12.9. The normalized spacial score (nSPS) is 11.5. The van der Waals surface area contributed by atoms with Crippen LogP contribution in [0.15, 0.2) is 64.1 Å². The van der Waals surface area contributed by atoms with Crippen LogP contribution >= 0.6 is 11.3 Å². The highest BCUT2D eigenvalue weighted by atomic mass is 32.1. The largest absolute Gasteiger partial charge is 0.507 e. The van der Waals surface area contributed by atoms with Crippen molar-refractivity contribution in [3.8, 4) is 5.75 Å². The summed E-state index contributed by atoms with van der Waals surface area (Å²) in [5.41, 5.74) is 0.864. The second-order valence-electron chi connectivity index (χ2n) is 5.23. The van der Waals surface area contributed by atoms with Crippen LogP contribution in [0.3, 0.4) is 0 Å². The van der Waals surface area contributed by atoms with E-state index in [0.29, 0.717) is 10.6 Å². The number of hydrogen-bond acceptors (Lipinski definition) is 5. The highest BCUT2D eigenvalue weighted by molar-refractivity contribution is 7.12. The zero-order valence-electron chi connectivity index (χ0n) is 12.9. The van der Waals surface area contributed by atoms with Crippen LogP contribution < -0.4 is 0 Å². The lowest BCUT2D eigenvalue weighted by atomic mass is 9.96. The summed E-state index contributed by atoms with van der Waals surface area (Å²) in [5.74, 6) is -0.691. The van der Waals surface area contributed by atoms with Crippen LogP contribution in [0.5, 0.6) is 5.75 Å². The standard InChI is InChI=1S/C19H14O4S/c1-12-6-7-16(20)14(10-12)18(21)15(11-13-4-2-8-23-13)19(22)17-5-3-9-24-17/h2-11,20H,1H3. The number of carbonyl (C=O) groups excluding carboxylic acids is 2. The monoisotopic (exact) mass is 338 g/mol. The van der Waals surface area contributed by atoms with Crippen LogP contribution in [0.4, 0.5) is 0 Å². The number of Topliss-reactive ketones (excluding diaryl/α,β-unsaturated/α-hetero) is 2. The van der Waals surface area contributed by atoms with Gasteiger partial charge in [0.2, 0.25) is 11.6 Å². The summed E-state index contributed by atoms with van der Waals surface area (Å²) in [6.07, 6.45) is 2.87. The van der Waals surface area contributed by atoms with Gasteiger partial charge in [-0.25, -0.2) is 0 Å². The highest BCUT2D eigenvalue weighted by Crippen LogP contribution is 2.26. The van der Waals surface area contributed by atoms with E-state index in [-0.39, 0.29) is 16.9 Å². The molecule has 0 radical (unpaired) electrons. The van der Waals surface area contributed by atoms with E-state index < -0.39 is 11.6 Å². The molecule has 1 aromatic carbocycles. The first-order valence-corrected chi connectivity index (χ1v) is 8.12. The van der Waals surface area contributed by atoms with Crippen molar-refractivity contribution in [2.75, 3.05) is 0 Å². The first-order valence-electron chi connectivity index (χ1n) is 7.24. The molecule has 0 aliphatic carbocycles. The molecule has 2 heterocycles. The number of phenolic OH excluding ortho intramolecular Hbond substituents is 1. The van der Waals surface area contributed by atoms with Gasteiger partial charge in [-0.1, -0.05) is 17.7 Å². The predicted molar refractivity (Wildman–Crippen MR) is 92.5 cm³/mol. The molecule has 1 N–H and O–H groups in total. The van der Waals surface area contributed by atoms with Gasteiger partial charge in [0.05, 0.1) is 22.3 Å². The predicted octanol–water partition coefficient (Wildman–Crippen LogP) is 4.50. The minimum absolute atomic E-state index is 0.0479. The van der Waals surface area contributed by atoms with E-state index in [9.17, 15) is 14.7 Å². The van der Waals surface area contributed by atoms with Crippen LogP contribution in [0.25, 0.3) is 6.08 Å². The SMILES string of the molecule is Cc1ccc(O)c(C(=O)C(=Cc2ccco2)C(=O)c2cccs2)c1. The number of thiophene rings is 1. The number of aryl methyl sites for hydroxylation is 1. The Labute approximate surface area is 142 Å². The van der Waals surface area contributed by atoms with Gasteiger partial charge in [-0.05, 0) is 48.7 Å². The Hall–Kier alpha value is -2.92. The van der Waals surface area contributed by atoms with Crippen LogP contribution in [0, 0.1) is 6.92 Å². The van der Waals surface area contributed by atoms with Gasteiger partial charge in [-0.15, -0.1) is 11.3 Å². The molecule has 24 heavy (non-hydrogen) atoms. The Morgan fingerprint density at radius 3 is 2.62 bits per heavy atom. The Morgan fingerprint density at radius 2 is 1.96 bits per heavy atom. The summed E-state index contributed by atoms with van der Waals surface area (Å²) in [4.78, 5) is 26.1. The van der Waals surface area contributed by atoms with E-state index in [1.807, 2.05) is 6.92 Å². The molecule has 0 fully saturated rings. The highest BCUT2D eigenvalue weighted by Gasteiger charge is 2.24. The van der Waals surface area contributed by atoms with E-state index in [4.69, 9.17) is 4.42 Å². The summed E-state index contributed by atoms with van der Waals surface area (Å²) in [5, 5.41) is 11.8. The van der Waals surface area contributed by atoms with Gasteiger partial charge in [0.25, 0.3) is 0 Å². The Morgan fingerprint density at radius 1 is 1.12 bits per heavy atom. The van der Waals surface area contributed by atoms with Gasteiger partial charge >= 0.3 is 0 Å². The lowest BCUT2D eigenvalue weighted by Gasteiger charge is -2.07. The average molecular weight is 338 g/mol. The van der Waals surface area contributed by atoms with Crippen molar-refractivity contribution in [3.63, 3.8) is 0 Å². The fourth-order valence-corrected chi connectivity index (χ4v) is 2.95. The van der Waals surface area contributed by atoms with Gasteiger partial charge in [0.15, 0.2) is 0 Å². The molecule has 0 saturated carbocycles. The first-order chi connectivity index (χ1) is 11.6. The molecule has 0 spiro atoms. The molecular weight excluding hydrogens is 324 g/mol. The average Bonchev–Trinajstić information content (AvgIpc) is 3.27. The van der Waals surface area contributed by atoms with E-state index >= 15 is 0 Å². The molecule has 5 heteroatoms. The van der Waals surface area contributed by atoms with E-state index in [1.54, 1.807) is 41.8 Å². The lowest BCUT2D eigenvalue weighted by Crippen LogP contribution is -2.13. The van der Waals surface area contributed by atoms with Crippen LogP contribution in [0.2, 0.25) is 0 Å². The van der Waals surface area contributed by atoms with E-state index in [0.717, 1.165) is 5.56 Å². The minimum Gasteiger partial charge on any atom is -0.507 e. The Kier molecular flexibility index (Phi) is 4.44. The molecule has 0 aliphatic rings. The van der Waals surface area contributed by atoms with Crippen molar-refractivity contribution in [2.45, 2.75) is 6.92 Å². The third-order valence-electron chi connectivity index (χ3n) is 3.46. The van der Waals surface area contributed by atoms with Gasteiger partial charge in [-0.2, -0.15) is 0 Å². The molecule has 0 bridgehead atoms. The van der Waals surface area contributed by atoms with Gasteiger partial charge < -0.3 is 9.52 Å². The first kappa shape index (κ1) is 16.0. The summed E-state index contributed by atoms with van der Waals surface area (Å²) in [6.45, 7) is 1.81. The molecule has 0 atom stereocenters. The molecule has 120 valence electrons. The number of phenols is 1. The third-order valence-corrected chi connectivity index (χ3v) is 4.33. The number of allylic oxidation sites excluding steroid dienone is 1. The summed E-state index contributed by atoms with van der Waals surface area (Å²) in [7, 11) is 0. The number of rotatable bonds is 5. The number of benzene rings is 1. The Bertz CT molecular complexity index is 903. The molecule has 0 amide bonds. The molecule has 2 aromatic heterocycles. The number of carbonyl (C=O) groups is 2. The quantitative estimate of drug-likeness (QED) is 0.322. The van der Waals surface area contributed by atoms with Crippen LogP contribution in [0.1, 0.15) is 31.4 Å². The second-order valence-corrected chi connectivity index (χ2v) is 6.18. The van der Waals surface area contributed by atoms with Crippen molar-refractivity contribution >= 4 is 29.0 Å². The van der Waals surface area contributed by atoms with Crippen molar-refractivity contribution in [1.82, 2.24) is 0 Å². The molecule has 0 unspecified atom stereocenters. The fraction of sp³-hybridized carbons (Fsp3) is 0.0526. The van der Waals surface area contributed by atoms with Gasteiger partial charge in [-0.3, -0.25) is 9.59 Å². The number of hydrogen-bond donors (Lipinski definition) is 1. The molecule has 3 aromatic rings. The van der Waals surface area contributed by atoms with E-state index in [2.05, 4.69) is 0 Å². The molecule has 0 aliphatic heterocycles. The molecule has 0 saturated heterocycles. The summed E-state index contributed by atoms with van der Waals surface area (Å²) >= 11 is 1.26. The van der Waals surface area contributed by atoms with Crippen LogP contribution in [-0.2, 0) is 0 Å². The fourth-order valence-electron chi connectivity index (χ4n) is 2.27. The van der Waals surface area contributed by atoms with Crippen molar-refractivity contribution in [1.29, 1.82) is 0 Å². The topological polar surface area (TPSA) is 67.5 Å². The minimum atomic E-state index is -0.536. The van der Waals surface area contributed by atoms with Gasteiger partial charge in [0.1, 0.15) is 11.5 Å². The molecule has 4 nitrogen and oxygen atoms in total. The lowest BCUT2D eigenvalue weighted by molar-refractivity contribution is 0.0965. The maximum Gasteiger partial charge on any atom is 0.207 e. The second kappa shape index (κ2) is 6.68. The number of ketones is 2. The maximum atomic E-state index is 12.9. The molecular formula is C19H14O4S. The third kappa shape index (κ3) is 3.21. The van der Waals surface area contributed by atoms with Crippen molar-refractivity contribution < 1.29 is 19.1 Å². The summed E-state index contributed by atoms with van der Waals surface area (Å²) < 4.78 is 5.23. The Balaban J connectivity index is 2.09. The summed E-state index contributed by atoms with van der Waals surface area (Å²) in [6, 6.07) is 11.4.